The largest absolute Gasteiger partial charge is 0.497 e. The van der Waals surface area contributed by atoms with Gasteiger partial charge in [-0.15, -0.1) is 0 Å². The van der Waals surface area contributed by atoms with Crippen LogP contribution < -0.4 is 15.4 Å². The van der Waals surface area contributed by atoms with E-state index in [9.17, 15) is 4.79 Å². The van der Waals surface area contributed by atoms with Gasteiger partial charge in [0.25, 0.3) is 5.91 Å². The van der Waals surface area contributed by atoms with E-state index >= 15 is 0 Å². The van der Waals surface area contributed by atoms with E-state index in [4.69, 9.17) is 4.74 Å². The highest BCUT2D eigenvalue weighted by Crippen LogP contribution is 2.36. The average molecular weight is 361 g/mol. The number of allylic oxidation sites excluding steroid dienone is 1. The Kier molecular flexibility index (Phi) is 4.33. The number of rotatable bonds is 4. The van der Waals surface area contributed by atoms with E-state index in [0.717, 1.165) is 16.9 Å². The molecule has 2 heterocycles. The number of nitrogens with one attached hydrogen (secondary N) is 2. The van der Waals surface area contributed by atoms with E-state index in [1.54, 1.807) is 11.8 Å². The quantitative estimate of drug-likeness (QED) is 0.746. The molecule has 4 rings (SSSR count). The highest BCUT2D eigenvalue weighted by Gasteiger charge is 2.33. The number of anilines is 2. The SMILES string of the molecule is COc1cccc([C@H]2C(C(=O)Nc3ccccc3)=C(C)Nc3ncnn32)c1. The summed E-state index contributed by atoms with van der Waals surface area (Å²) in [6.45, 7) is 1.87. The monoisotopic (exact) mass is 361 g/mol. The van der Waals surface area contributed by atoms with E-state index in [-0.39, 0.29) is 5.91 Å². The average Bonchev–Trinajstić information content (AvgIpc) is 3.15. The zero-order valence-electron chi connectivity index (χ0n) is 15.0. The Balaban J connectivity index is 1.78. The number of para-hydroxylation sites is 1. The Morgan fingerprint density at radius 2 is 2.00 bits per heavy atom. The summed E-state index contributed by atoms with van der Waals surface area (Å²) >= 11 is 0. The lowest BCUT2D eigenvalue weighted by molar-refractivity contribution is -0.113. The first-order chi connectivity index (χ1) is 13.2. The topological polar surface area (TPSA) is 81.1 Å². The molecule has 3 aromatic rings. The molecule has 0 radical (unpaired) electrons. The number of amides is 1. The normalized spacial score (nSPS) is 15.7. The van der Waals surface area contributed by atoms with Gasteiger partial charge in [0.15, 0.2) is 0 Å². The van der Waals surface area contributed by atoms with Crippen molar-refractivity contribution in [1.29, 1.82) is 0 Å². The van der Waals surface area contributed by atoms with Gasteiger partial charge in [-0.2, -0.15) is 10.1 Å². The van der Waals surface area contributed by atoms with Gasteiger partial charge in [-0.3, -0.25) is 4.79 Å². The van der Waals surface area contributed by atoms with Gasteiger partial charge in [-0.1, -0.05) is 30.3 Å². The summed E-state index contributed by atoms with van der Waals surface area (Å²) in [6.07, 6.45) is 1.47. The van der Waals surface area contributed by atoms with Crippen LogP contribution in [0.3, 0.4) is 0 Å². The molecule has 7 nitrogen and oxygen atoms in total. The molecule has 1 aliphatic heterocycles. The van der Waals surface area contributed by atoms with E-state index in [0.29, 0.717) is 17.3 Å². The zero-order valence-corrected chi connectivity index (χ0v) is 15.0. The molecule has 2 aromatic carbocycles. The first-order valence-electron chi connectivity index (χ1n) is 8.55. The van der Waals surface area contributed by atoms with Crippen LogP contribution in [0.4, 0.5) is 11.6 Å². The minimum absolute atomic E-state index is 0.194. The standard InChI is InChI=1S/C20H19N5O2/c1-13-17(19(26)24-15-8-4-3-5-9-15)18(25-20(23-13)21-12-22-25)14-7-6-10-16(11-14)27-2/h3-12,18H,1-2H3,(H,24,26)(H,21,22,23)/t18-/m0/s1. The van der Waals surface area contributed by atoms with Crippen LogP contribution in [0.2, 0.25) is 0 Å². The Bertz CT molecular complexity index is 1010. The van der Waals surface area contributed by atoms with Crippen LogP contribution in [-0.2, 0) is 4.79 Å². The summed E-state index contributed by atoms with van der Waals surface area (Å²) in [7, 11) is 1.62. The van der Waals surface area contributed by atoms with Gasteiger partial charge in [0.05, 0.1) is 12.7 Å². The Hall–Kier alpha value is -3.61. The number of nitrogens with zero attached hydrogens (tertiary/aromatic N) is 3. The molecule has 0 saturated carbocycles. The van der Waals surface area contributed by atoms with Crippen molar-refractivity contribution in [2.45, 2.75) is 13.0 Å². The molecule has 0 aliphatic carbocycles. The summed E-state index contributed by atoms with van der Waals surface area (Å²) in [6, 6.07) is 16.6. The third-order valence-electron chi connectivity index (χ3n) is 4.48. The summed E-state index contributed by atoms with van der Waals surface area (Å²) in [4.78, 5) is 17.4. The third-order valence-corrected chi connectivity index (χ3v) is 4.48. The summed E-state index contributed by atoms with van der Waals surface area (Å²) in [5.41, 5.74) is 2.93. The van der Waals surface area contributed by atoms with Crippen molar-refractivity contribution in [3.05, 3.63) is 77.8 Å². The van der Waals surface area contributed by atoms with E-state index in [1.165, 1.54) is 6.33 Å². The number of carbonyl (C=O) groups excluding carboxylic acids is 1. The molecule has 1 aliphatic rings. The highest BCUT2D eigenvalue weighted by molar-refractivity contribution is 6.06. The molecule has 1 atom stereocenters. The van der Waals surface area contributed by atoms with Crippen LogP contribution in [0.5, 0.6) is 5.75 Å². The molecule has 0 fully saturated rings. The fraction of sp³-hybridized carbons (Fsp3) is 0.150. The fourth-order valence-corrected chi connectivity index (χ4v) is 3.22. The molecular weight excluding hydrogens is 342 g/mol. The molecule has 2 N–H and O–H groups in total. The number of aromatic nitrogens is 3. The number of fused-ring (bicyclic) bond motifs is 1. The lowest BCUT2D eigenvalue weighted by atomic mass is 9.95. The lowest BCUT2D eigenvalue weighted by Gasteiger charge is -2.29. The van der Waals surface area contributed by atoms with Gasteiger partial charge in [-0.05, 0) is 36.8 Å². The van der Waals surface area contributed by atoms with Gasteiger partial charge >= 0.3 is 0 Å². The van der Waals surface area contributed by atoms with Crippen LogP contribution in [0, 0.1) is 0 Å². The second kappa shape index (κ2) is 6.95. The number of benzene rings is 2. The first-order valence-corrected chi connectivity index (χ1v) is 8.55. The minimum atomic E-state index is -0.414. The summed E-state index contributed by atoms with van der Waals surface area (Å²) in [5.74, 6) is 1.12. The van der Waals surface area contributed by atoms with Crippen molar-refractivity contribution < 1.29 is 9.53 Å². The number of carbonyl (C=O) groups is 1. The van der Waals surface area contributed by atoms with Gasteiger partial charge in [0.1, 0.15) is 18.1 Å². The summed E-state index contributed by atoms with van der Waals surface area (Å²) < 4.78 is 7.07. The third kappa shape index (κ3) is 3.15. The van der Waals surface area contributed by atoms with Gasteiger partial charge in [-0.25, -0.2) is 4.68 Å². The van der Waals surface area contributed by atoms with Crippen molar-refractivity contribution in [3.8, 4) is 5.75 Å². The molecule has 27 heavy (non-hydrogen) atoms. The molecule has 1 aromatic heterocycles. The van der Waals surface area contributed by atoms with Crippen molar-refractivity contribution in [1.82, 2.24) is 14.8 Å². The fourth-order valence-electron chi connectivity index (χ4n) is 3.22. The number of methoxy groups -OCH3 is 1. The Morgan fingerprint density at radius 3 is 2.78 bits per heavy atom. The molecule has 0 bridgehead atoms. The number of hydrogen-bond acceptors (Lipinski definition) is 5. The second-order valence-corrected chi connectivity index (χ2v) is 6.19. The first kappa shape index (κ1) is 16.8. The predicted octanol–water partition coefficient (Wildman–Crippen LogP) is 3.21. The van der Waals surface area contributed by atoms with E-state index in [1.807, 2.05) is 61.5 Å². The number of ether oxygens (including phenoxy) is 1. The Labute approximate surface area is 156 Å². The molecule has 0 saturated heterocycles. The van der Waals surface area contributed by atoms with Gasteiger partial charge < -0.3 is 15.4 Å². The smallest absolute Gasteiger partial charge is 0.255 e. The Morgan fingerprint density at radius 1 is 1.19 bits per heavy atom. The van der Waals surface area contributed by atoms with Crippen LogP contribution >= 0.6 is 0 Å². The van der Waals surface area contributed by atoms with Crippen LogP contribution in [0.15, 0.2) is 72.2 Å². The lowest BCUT2D eigenvalue weighted by Crippen LogP contribution is -2.31. The van der Waals surface area contributed by atoms with Gasteiger partial charge in [0, 0.05) is 11.4 Å². The van der Waals surface area contributed by atoms with Crippen molar-refractivity contribution in [2.24, 2.45) is 0 Å². The van der Waals surface area contributed by atoms with Gasteiger partial charge in [0.2, 0.25) is 5.95 Å². The molecular formula is C20H19N5O2. The van der Waals surface area contributed by atoms with Crippen LogP contribution in [-0.4, -0.2) is 27.8 Å². The molecule has 0 spiro atoms. The highest BCUT2D eigenvalue weighted by atomic mass is 16.5. The van der Waals surface area contributed by atoms with Crippen LogP contribution in [0.25, 0.3) is 0 Å². The van der Waals surface area contributed by atoms with Crippen molar-refractivity contribution in [3.63, 3.8) is 0 Å². The number of hydrogen-bond donors (Lipinski definition) is 2. The molecule has 136 valence electrons. The maximum Gasteiger partial charge on any atom is 0.255 e. The minimum Gasteiger partial charge on any atom is -0.497 e. The van der Waals surface area contributed by atoms with E-state index < -0.39 is 6.04 Å². The van der Waals surface area contributed by atoms with Crippen LogP contribution in [0.1, 0.15) is 18.5 Å². The zero-order chi connectivity index (χ0) is 18.8. The van der Waals surface area contributed by atoms with Crippen molar-refractivity contribution >= 4 is 17.5 Å². The maximum atomic E-state index is 13.1. The molecule has 0 unspecified atom stereocenters. The predicted molar refractivity (Wildman–Crippen MR) is 103 cm³/mol. The second-order valence-electron chi connectivity index (χ2n) is 6.19. The van der Waals surface area contributed by atoms with E-state index in [2.05, 4.69) is 20.7 Å². The molecule has 7 heteroatoms. The van der Waals surface area contributed by atoms with Crippen molar-refractivity contribution in [2.75, 3.05) is 17.7 Å². The summed E-state index contributed by atoms with van der Waals surface area (Å²) in [5, 5.41) is 10.5. The maximum absolute atomic E-state index is 13.1. The molecule has 1 amide bonds.